The van der Waals surface area contributed by atoms with Crippen molar-refractivity contribution in [3.63, 3.8) is 0 Å². The first-order valence-corrected chi connectivity index (χ1v) is 12.9. The molecule has 5 aromatic rings. The fourth-order valence-electron chi connectivity index (χ4n) is 5.23. The number of aryl methyl sites for hydroxylation is 1. The molecule has 39 heavy (non-hydrogen) atoms. The molecule has 6 rings (SSSR count). The van der Waals surface area contributed by atoms with Crippen molar-refractivity contribution in [3.8, 4) is 11.5 Å². The zero-order valence-electron chi connectivity index (χ0n) is 21.4. The van der Waals surface area contributed by atoms with Gasteiger partial charge >= 0.3 is 6.03 Å². The molecule has 1 unspecified atom stereocenters. The van der Waals surface area contributed by atoms with E-state index >= 15 is 0 Å². The second-order valence-corrected chi connectivity index (χ2v) is 9.52. The van der Waals surface area contributed by atoms with Gasteiger partial charge in [-0.3, -0.25) is 0 Å². The Labute approximate surface area is 225 Å². The molecule has 1 aliphatic rings. The third-order valence-corrected chi connectivity index (χ3v) is 7.11. The summed E-state index contributed by atoms with van der Waals surface area (Å²) < 4.78 is 31.3. The average molecular weight is 524 g/mol. The summed E-state index contributed by atoms with van der Waals surface area (Å²) in [6, 6.07) is 25.4. The van der Waals surface area contributed by atoms with Crippen molar-refractivity contribution in [1.29, 1.82) is 0 Å². The van der Waals surface area contributed by atoms with E-state index in [-0.39, 0.29) is 24.2 Å². The van der Waals surface area contributed by atoms with Crippen LogP contribution >= 0.6 is 0 Å². The first-order chi connectivity index (χ1) is 19.0. The minimum atomic E-state index is -0.491. The quantitative estimate of drug-likeness (QED) is 0.293. The van der Waals surface area contributed by atoms with Crippen LogP contribution in [0.5, 0.6) is 0 Å². The molecule has 3 aromatic carbocycles. The van der Waals surface area contributed by atoms with Crippen LogP contribution in [0.25, 0.3) is 11.5 Å². The summed E-state index contributed by atoms with van der Waals surface area (Å²) in [4.78, 5) is 15.7. The van der Waals surface area contributed by atoms with Gasteiger partial charge in [0.1, 0.15) is 17.5 Å². The first-order valence-electron chi connectivity index (χ1n) is 12.9. The monoisotopic (exact) mass is 523 g/mol. The lowest BCUT2D eigenvalue weighted by atomic mass is 10.0. The normalized spacial score (nSPS) is 14.4. The minimum Gasteiger partial charge on any atom is -0.334 e. The third-order valence-electron chi connectivity index (χ3n) is 7.11. The van der Waals surface area contributed by atoms with Crippen molar-refractivity contribution in [2.45, 2.75) is 32.5 Å². The van der Waals surface area contributed by atoms with Gasteiger partial charge in [-0.05, 0) is 66.1 Å². The Hall–Kier alpha value is -4.72. The Morgan fingerprint density at radius 1 is 0.923 bits per heavy atom. The smallest absolute Gasteiger partial charge is 0.318 e. The number of nitrogens with one attached hydrogen (secondary N) is 1. The molecule has 6 nitrogen and oxygen atoms in total. The molecule has 2 amide bonds. The molecule has 3 heterocycles. The van der Waals surface area contributed by atoms with Gasteiger partial charge in [0.15, 0.2) is 0 Å². The fraction of sp³-hybridized carbons (Fsp3) is 0.161. The Balaban J connectivity index is 1.48. The van der Waals surface area contributed by atoms with Crippen LogP contribution in [0.4, 0.5) is 13.6 Å². The summed E-state index contributed by atoms with van der Waals surface area (Å²) in [7, 11) is 0. The number of carbonyl (C=O) groups is 1. The van der Waals surface area contributed by atoms with Gasteiger partial charge in [0.25, 0.3) is 0 Å². The summed E-state index contributed by atoms with van der Waals surface area (Å²) in [6.07, 6.45) is 2.66. The molecular weight excluding hydrogens is 496 g/mol. The fourth-order valence-corrected chi connectivity index (χ4v) is 5.23. The number of urea groups is 1. The van der Waals surface area contributed by atoms with Crippen molar-refractivity contribution in [3.05, 3.63) is 137 Å². The van der Waals surface area contributed by atoms with Crippen LogP contribution in [0, 0.1) is 11.6 Å². The summed E-state index contributed by atoms with van der Waals surface area (Å²) in [5, 5.41) is 7.97. The molecule has 0 saturated heterocycles. The topological polar surface area (TPSA) is 55.1 Å². The molecule has 0 saturated carbocycles. The highest BCUT2D eigenvalue weighted by Gasteiger charge is 2.36. The van der Waals surface area contributed by atoms with Gasteiger partial charge in [-0.2, -0.15) is 5.10 Å². The van der Waals surface area contributed by atoms with Crippen LogP contribution in [-0.2, 0) is 19.5 Å². The van der Waals surface area contributed by atoms with Crippen LogP contribution < -0.4 is 5.32 Å². The van der Waals surface area contributed by atoms with E-state index < -0.39 is 6.04 Å². The molecule has 0 fully saturated rings. The zero-order chi connectivity index (χ0) is 26.9. The highest BCUT2D eigenvalue weighted by atomic mass is 19.1. The maximum atomic E-state index is 13.9. The minimum absolute atomic E-state index is 0.240. The molecule has 8 heteroatoms. The van der Waals surface area contributed by atoms with Gasteiger partial charge in [-0.25, -0.2) is 18.3 Å². The highest BCUT2D eigenvalue weighted by molar-refractivity contribution is 5.76. The summed E-state index contributed by atoms with van der Waals surface area (Å²) in [6.45, 7) is 2.59. The first kappa shape index (κ1) is 24.6. The van der Waals surface area contributed by atoms with Crippen LogP contribution in [0.2, 0.25) is 0 Å². The number of fused-ring (bicyclic) bond motifs is 3. The molecule has 196 valence electrons. The largest absolute Gasteiger partial charge is 0.334 e. The lowest BCUT2D eigenvalue weighted by Gasteiger charge is -2.31. The van der Waals surface area contributed by atoms with Crippen LogP contribution in [-0.4, -0.2) is 25.3 Å². The molecular formula is C31H27F2N5O. The van der Waals surface area contributed by atoms with E-state index in [1.165, 1.54) is 24.3 Å². The Morgan fingerprint density at radius 3 is 2.31 bits per heavy atom. The maximum Gasteiger partial charge on any atom is 0.318 e. The number of hydrogen-bond acceptors (Lipinski definition) is 2. The van der Waals surface area contributed by atoms with E-state index in [1.807, 2.05) is 53.3 Å². The maximum absolute atomic E-state index is 13.9. The number of rotatable bonds is 5. The van der Waals surface area contributed by atoms with E-state index in [4.69, 9.17) is 5.10 Å². The Bertz CT molecular complexity index is 1610. The van der Waals surface area contributed by atoms with E-state index in [2.05, 4.69) is 16.8 Å². The van der Waals surface area contributed by atoms with Gasteiger partial charge in [0.2, 0.25) is 0 Å². The van der Waals surface area contributed by atoms with E-state index in [0.717, 1.165) is 39.6 Å². The van der Waals surface area contributed by atoms with Crippen molar-refractivity contribution in [1.82, 2.24) is 24.6 Å². The van der Waals surface area contributed by atoms with Crippen molar-refractivity contribution < 1.29 is 13.6 Å². The van der Waals surface area contributed by atoms with E-state index in [0.29, 0.717) is 13.0 Å². The third kappa shape index (κ3) is 4.58. The zero-order valence-corrected chi connectivity index (χ0v) is 21.4. The number of amides is 2. The molecule has 0 spiro atoms. The molecule has 0 radical (unpaired) electrons. The average Bonchev–Trinajstić information content (AvgIpc) is 3.55. The van der Waals surface area contributed by atoms with E-state index in [1.54, 1.807) is 29.2 Å². The summed E-state index contributed by atoms with van der Waals surface area (Å²) in [5.41, 5.74) is 5.19. The SMILES string of the molecule is CCc1nn(-c2ccccc2)c2c1CN(C(=O)NCc1ccc(F)cc1)C(c1ccc(F)cc1)c1cccn1-2. The van der Waals surface area contributed by atoms with Crippen molar-refractivity contribution in [2.24, 2.45) is 0 Å². The molecule has 0 bridgehead atoms. The van der Waals surface area contributed by atoms with Gasteiger partial charge in [-0.1, -0.05) is 49.4 Å². The predicted molar refractivity (Wildman–Crippen MR) is 145 cm³/mol. The number of aromatic nitrogens is 3. The van der Waals surface area contributed by atoms with Gasteiger partial charge in [-0.15, -0.1) is 0 Å². The summed E-state index contributed by atoms with van der Waals surface area (Å²) >= 11 is 0. The second-order valence-electron chi connectivity index (χ2n) is 9.52. The Kier molecular flexibility index (Phi) is 6.44. The molecule has 1 atom stereocenters. The second kappa shape index (κ2) is 10.2. The van der Waals surface area contributed by atoms with Gasteiger partial charge in [0.05, 0.1) is 29.7 Å². The van der Waals surface area contributed by atoms with Gasteiger partial charge < -0.3 is 14.8 Å². The highest BCUT2D eigenvalue weighted by Crippen LogP contribution is 2.38. The van der Waals surface area contributed by atoms with Gasteiger partial charge in [0, 0.05) is 18.3 Å². The molecule has 2 aromatic heterocycles. The van der Waals surface area contributed by atoms with Crippen LogP contribution in [0.3, 0.4) is 0 Å². The number of halogens is 2. The number of benzene rings is 3. The lowest BCUT2D eigenvalue weighted by Crippen LogP contribution is -2.41. The molecule has 1 N–H and O–H groups in total. The molecule has 1 aliphatic heterocycles. The number of para-hydroxylation sites is 1. The van der Waals surface area contributed by atoms with Crippen molar-refractivity contribution >= 4 is 6.03 Å². The lowest BCUT2D eigenvalue weighted by molar-refractivity contribution is 0.180. The van der Waals surface area contributed by atoms with Crippen LogP contribution in [0.1, 0.15) is 41.0 Å². The van der Waals surface area contributed by atoms with E-state index in [9.17, 15) is 13.6 Å². The standard InChI is InChI=1S/C31H27F2N5O/c1-2-27-26-20-37(31(39)34-19-21-10-14-23(32)15-11-21)29(22-12-16-24(33)17-13-22)28-9-6-18-36(28)30(26)38(35-27)25-7-4-3-5-8-25/h3-18,29H,2,19-20H2,1H3,(H,34,39). The number of hydrogen-bond donors (Lipinski definition) is 1. The van der Waals surface area contributed by atoms with Crippen LogP contribution in [0.15, 0.2) is 97.2 Å². The predicted octanol–water partition coefficient (Wildman–Crippen LogP) is 6.32. The summed E-state index contributed by atoms with van der Waals surface area (Å²) in [5.74, 6) is 0.204. The molecule has 0 aliphatic carbocycles. The number of nitrogens with zero attached hydrogens (tertiary/aromatic N) is 4. The number of carbonyl (C=O) groups excluding carboxylic acids is 1. The Morgan fingerprint density at radius 2 is 1.62 bits per heavy atom. The van der Waals surface area contributed by atoms with Crippen molar-refractivity contribution in [2.75, 3.05) is 0 Å².